The fourth-order valence-corrected chi connectivity index (χ4v) is 4.76. The van der Waals surface area contributed by atoms with E-state index >= 15 is 0 Å². The minimum Gasteiger partial charge on any atom is -0.454 e. The first kappa shape index (κ1) is 19.9. The summed E-state index contributed by atoms with van der Waals surface area (Å²) < 4.78 is 13.0. The minimum atomic E-state index is 0.170. The van der Waals surface area contributed by atoms with Crippen molar-refractivity contribution < 1.29 is 14.3 Å². The quantitative estimate of drug-likeness (QED) is 0.547. The molecule has 1 saturated heterocycles. The third kappa shape index (κ3) is 4.39. The zero-order chi connectivity index (χ0) is 21.0. The second kappa shape index (κ2) is 9.01. The zero-order valence-electron chi connectivity index (χ0n) is 17.2. The van der Waals surface area contributed by atoms with E-state index in [1.807, 2.05) is 53.4 Å². The summed E-state index contributed by atoms with van der Waals surface area (Å²) in [6.45, 7) is 2.55. The molecule has 7 nitrogen and oxygen atoms in total. The van der Waals surface area contributed by atoms with Crippen molar-refractivity contribution in [2.45, 2.75) is 31.0 Å². The van der Waals surface area contributed by atoms with Gasteiger partial charge in [-0.1, -0.05) is 48.2 Å². The van der Waals surface area contributed by atoms with Crippen molar-refractivity contribution in [2.24, 2.45) is 0 Å². The lowest BCUT2D eigenvalue weighted by atomic mass is 10.1. The van der Waals surface area contributed by atoms with Crippen LogP contribution in [-0.4, -0.2) is 51.2 Å². The number of carbonyl (C=O) groups is 1. The summed E-state index contributed by atoms with van der Waals surface area (Å²) in [5.41, 5.74) is 2.05. The maximum atomic E-state index is 12.7. The number of nitrogens with zero attached hydrogens (tertiary/aromatic N) is 4. The highest BCUT2D eigenvalue weighted by Crippen LogP contribution is 2.33. The van der Waals surface area contributed by atoms with Crippen molar-refractivity contribution in [1.82, 2.24) is 19.7 Å². The molecule has 1 amide bonds. The Morgan fingerprint density at radius 2 is 1.77 bits per heavy atom. The summed E-state index contributed by atoms with van der Waals surface area (Å²) in [6, 6.07) is 15.9. The molecule has 1 aromatic heterocycles. The second-order valence-electron chi connectivity index (χ2n) is 7.68. The lowest BCUT2D eigenvalue weighted by Gasteiger charge is -2.26. The number of fused-ring (bicyclic) bond motifs is 1. The number of likely N-dealkylation sites (tertiary alicyclic amines) is 1. The summed E-state index contributed by atoms with van der Waals surface area (Å²) in [5.74, 6) is 2.84. The van der Waals surface area contributed by atoms with Gasteiger partial charge in [-0.05, 0) is 37.0 Å². The summed E-state index contributed by atoms with van der Waals surface area (Å²) in [7, 11) is 0. The van der Waals surface area contributed by atoms with Crippen LogP contribution in [0.1, 0.15) is 24.8 Å². The highest BCUT2D eigenvalue weighted by atomic mass is 32.2. The van der Waals surface area contributed by atoms with Crippen LogP contribution in [0.5, 0.6) is 11.5 Å². The van der Waals surface area contributed by atoms with Crippen LogP contribution in [-0.2, 0) is 11.3 Å². The molecular formula is C23H24N4O3S. The van der Waals surface area contributed by atoms with E-state index < -0.39 is 0 Å². The molecule has 0 spiro atoms. The average molecular weight is 437 g/mol. The number of hydrogen-bond donors (Lipinski definition) is 0. The van der Waals surface area contributed by atoms with E-state index in [-0.39, 0.29) is 12.7 Å². The Morgan fingerprint density at radius 1 is 0.968 bits per heavy atom. The minimum absolute atomic E-state index is 0.170. The van der Waals surface area contributed by atoms with Crippen LogP contribution >= 0.6 is 11.8 Å². The molecule has 2 aliphatic heterocycles. The van der Waals surface area contributed by atoms with Gasteiger partial charge in [0, 0.05) is 18.7 Å². The Hall–Kier alpha value is -3.00. The summed E-state index contributed by atoms with van der Waals surface area (Å²) >= 11 is 1.45. The highest BCUT2D eigenvalue weighted by Gasteiger charge is 2.21. The van der Waals surface area contributed by atoms with Crippen LogP contribution in [0.25, 0.3) is 11.4 Å². The number of ether oxygens (including phenoxy) is 2. The van der Waals surface area contributed by atoms with Gasteiger partial charge in [-0.15, -0.1) is 10.2 Å². The molecule has 5 rings (SSSR count). The highest BCUT2D eigenvalue weighted by molar-refractivity contribution is 7.99. The largest absolute Gasteiger partial charge is 0.454 e. The molecule has 3 heterocycles. The number of amides is 1. The number of thioether (sulfide) groups is 1. The van der Waals surface area contributed by atoms with Gasteiger partial charge in [-0.3, -0.25) is 9.36 Å². The van der Waals surface area contributed by atoms with E-state index in [2.05, 4.69) is 14.8 Å². The van der Waals surface area contributed by atoms with E-state index in [0.29, 0.717) is 12.3 Å². The monoisotopic (exact) mass is 436 g/mol. The molecule has 160 valence electrons. The average Bonchev–Trinajstić information content (AvgIpc) is 3.45. The smallest absolute Gasteiger partial charge is 0.233 e. The molecule has 2 aliphatic rings. The molecule has 0 aliphatic carbocycles. The Kier molecular flexibility index (Phi) is 5.80. The molecule has 0 unspecified atom stereocenters. The van der Waals surface area contributed by atoms with Gasteiger partial charge in [0.1, 0.15) is 0 Å². The fourth-order valence-electron chi connectivity index (χ4n) is 3.92. The van der Waals surface area contributed by atoms with Gasteiger partial charge in [0.25, 0.3) is 0 Å². The van der Waals surface area contributed by atoms with Crippen LogP contribution in [0.2, 0.25) is 0 Å². The lowest BCUT2D eigenvalue weighted by molar-refractivity contribution is -0.129. The Balaban J connectivity index is 1.40. The van der Waals surface area contributed by atoms with Gasteiger partial charge in [-0.2, -0.15) is 0 Å². The standard InChI is InChI=1S/C23H24N4O3S/c28-21(26-11-5-2-6-12-26)15-31-23-25-24-22(18-7-3-1-4-8-18)27(23)14-17-9-10-19-20(13-17)30-16-29-19/h1,3-4,7-10,13H,2,5-6,11-12,14-16H2. The number of carbonyl (C=O) groups excluding carboxylic acids is 1. The number of rotatable bonds is 6. The Bertz CT molecular complexity index is 1060. The van der Waals surface area contributed by atoms with Crippen molar-refractivity contribution in [3.8, 4) is 22.9 Å². The second-order valence-corrected chi connectivity index (χ2v) is 8.62. The third-order valence-electron chi connectivity index (χ3n) is 5.56. The van der Waals surface area contributed by atoms with E-state index in [9.17, 15) is 4.79 Å². The molecule has 0 bridgehead atoms. The maximum absolute atomic E-state index is 12.7. The first-order chi connectivity index (χ1) is 15.3. The van der Waals surface area contributed by atoms with E-state index in [1.54, 1.807) is 0 Å². The number of hydrogen-bond acceptors (Lipinski definition) is 6. The predicted molar refractivity (Wildman–Crippen MR) is 118 cm³/mol. The summed E-state index contributed by atoms with van der Waals surface area (Å²) in [6.07, 6.45) is 3.39. The summed E-state index contributed by atoms with van der Waals surface area (Å²) in [5, 5.41) is 9.62. The van der Waals surface area contributed by atoms with Gasteiger partial charge in [0.15, 0.2) is 22.5 Å². The van der Waals surface area contributed by atoms with Crippen LogP contribution in [0.15, 0.2) is 53.7 Å². The van der Waals surface area contributed by atoms with E-state index in [0.717, 1.165) is 59.5 Å². The van der Waals surface area contributed by atoms with Crippen molar-refractivity contribution in [3.05, 3.63) is 54.1 Å². The molecule has 2 aromatic carbocycles. The fraction of sp³-hybridized carbons (Fsp3) is 0.348. The Morgan fingerprint density at radius 3 is 2.61 bits per heavy atom. The molecule has 8 heteroatoms. The first-order valence-electron chi connectivity index (χ1n) is 10.6. The molecule has 0 saturated carbocycles. The van der Waals surface area contributed by atoms with Crippen molar-refractivity contribution in [3.63, 3.8) is 0 Å². The lowest BCUT2D eigenvalue weighted by Crippen LogP contribution is -2.36. The predicted octanol–water partition coefficient (Wildman–Crippen LogP) is 3.83. The normalized spacial score (nSPS) is 15.3. The molecular weight excluding hydrogens is 412 g/mol. The third-order valence-corrected chi connectivity index (χ3v) is 6.51. The molecule has 1 fully saturated rings. The molecule has 0 atom stereocenters. The zero-order valence-corrected chi connectivity index (χ0v) is 18.0. The van der Waals surface area contributed by atoms with Crippen LogP contribution in [0, 0.1) is 0 Å². The van der Waals surface area contributed by atoms with Gasteiger partial charge in [0.05, 0.1) is 12.3 Å². The van der Waals surface area contributed by atoms with Gasteiger partial charge >= 0.3 is 0 Å². The van der Waals surface area contributed by atoms with E-state index in [4.69, 9.17) is 9.47 Å². The SMILES string of the molecule is O=C(CSc1nnc(-c2ccccc2)n1Cc1ccc2c(c1)OCO2)N1CCCCC1. The van der Waals surface area contributed by atoms with Crippen molar-refractivity contribution in [1.29, 1.82) is 0 Å². The maximum Gasteiger partial charge on any atom is 0.233 e. The molecule has 3 aromatic rings. The van der Waals surface area contributed by atoms with Crippen molar-refractivity contribution >= 4 is 17.7 Å². The Labute approximate surface area is 185 Å². The number of piperidine rings is 1. The molecule has 0 N–H and O–H groups in total. The van der Waals surface area contributed by atoms with Gasteiger partial charge in [0.2, 0.25) is 12.7 Å². The van der Waals surface area contributed by atoms with Gasteiger partial charge < -0.3 is 14.4 Å². The molecule has 0 radical (unpaired) electrons. The molecule has 31 heavy (non-hydrogen) atoms. The number of aromatic nitrogens is 3. The first-order valence-corrected chi connectivity index (χ1v) is 11.5. The van der Waals surface area contributed by atoms with Crippen LogP contribution in [0.3, 0.4) is 0 Å². The topological polar surface area (TPSA) is 69.5 Å². The van der Waals surface area contributed by atoms with E-state index in [1.165, 1.54) is 18.2 Å². The van der Waals surface area contributed by atoms with Crippen LogP contribution in [0.4, 0.5) is 0 Å². The van der Waals surface area contributed by atoms with Gasteiger partial charge in [-0.25, -0.2) is 0 Å². The number of benzene rings is 2. The van der Waals surface area contributed by atoms with Crippen LogP contribution < -0.4 is 9.47 Å². The summed E-state index contributed by atoms with van der Waals surface area (Å²) in [4.78, 5) is 14.6. The van der Waals surface area contributed by atoms with Crippen molar-refractivity contribution in [2.75, 3.05) is 25.6 Å².